The van der Waals surface area contributed by atoms with Crippen molar-refractivity contribution in [2.24, 2.45) is 11.8 Å². The maximum absolute atomic E-state index is 6.34. The van der Waals surface area contributed by atoms with Crippen LogP contribution < -0.4 is 0 Å². The molecule has 1 aliphatic carbocycles. The molecule has 0 bridgehead atoms. The molecule has 1 aromatic carbocycles. The van der Waals surface area contributed by atoms with Gasteiger partial charge in [-0.15, -0.1) is 11.6 Å². The molecule has 0 aliphatic heterocycles. The highest BCUT2D eigenvalue weighted by molar-refractivity contribution is 6.20. The van der Waals surface area contributed by atoms with Crippen LogP contribution in [0.15, 0.2) is 24.3 Å². The van der Waals surface area contributed by atoms with E-state index in [0.717, 1.165) is 29.7 Å². The highest BCUT2D eigenvalue weighted by Gasteiger charge is 2.20. The second kappa shape index (κ2) is 6.39. The number of fused-ring (bicyclic) bond motifs is 1. The number of aryl methyl sites for hydroxylation is 1. The van der Waals surface area contributed by atoms with E-state index in [0.29, 0.717) is 0 Å². The molecule has 0 N–H and O–H groups in total. The molecule has 114 valence electrons. The molecule has 3 heteroatoms. The van der Waals surface area contributed by atoms with Gasteiger partial charge in [0.05, 0.1) is 16.4 Å². The zero-order chi connectivity index (χ0) is 14.8. The lowest BCUT2D eigenvalue weighted by Gasteiger charge is -2.27. The van der Waals surface area contributed by atoms with Crippen molar-refractivity contribution in [3.63, 3.8) is 0 Å². The first-order chi connectivity index (χ1) is 10.1. The van der Waals surface area contributed by atoms with Gasteiger partial charge in [-0.1, -0.05) is 38.3 Å². The summed E-state index contributed by atoms with van der Waals surface area (Å²) in [5.41, 5.74) is 2.29. The van der Waals surface area contributed by atoms with Gasteiger partial charge in [-0.2, -0.15) is 0 Å². The van der Waals surface area contributed by atoms with Gasteiger partial charge in [0.25, 0.3) is 0 Å². The summed E-state index contributed by atoms with van der Waals surface area (Å²) in [6.45, 7) is 5.46. The third-order valence-corrected chi connectivity index (χ3v) is 5.04. The summed E-state index contributed by atoms with van der Waals surface area (Å²) in [5.74, 6) is 2.78. The summed E-state index contributed by atoms with van der Waals surface area (Å²) in [7, 11) is 0. The Labute approximate surface area is 132 Å². The first-order valence-electron chi connectivity index (χ1n) is 8.24. The molecule has 1 aromatic heterocycles. The van der Waals surface area contributed by atoms with Gasteiger partial charge in [0.1, 0.15) is 5.82 Å². The highest BCUT2D eigenvalue weighted by atomic mass is 35.5. The van der Waals surface area contributed by atoms with Crippen LogP contribution in [0.25, 0.3) is 11.0 Å². The maximum atomic E-state index is 6.34. The number of hydrogen-bond donors (Lipinski definition) is 0. The lowest BCUT2D eigenvalue weighted by molar-refractivity contribution is 0.261. The summed E-state index contributed by atoms with van der Waals surface area (Å²) in [6, 6.07) is 8.38. The molecule has 1 heterocycles. The Balaban J connectivity index is 1.80. The van der Waals surface area contributed by atoms with Crippen LogP contribution in [-0.4, -0.2) is 9.55 Å². The fraction of sp³-hybridized carbons (Fsp3) is 0.611. The molecule has 0 spiro atoms. The Kier molecular flexibility index (Phi) is 4.54. The van der Waals surface area contributed by atoms with E-state index in [9.17, 15) is 0 Å². The highest BCUT2D eigenvalue weighted by Crippen LogP contribution is 2.32. The zero-order valence-electron chi connectivity index (χ0n) is 13.1. The summed E-state index contributed by atoms with van der Waals surface area (Å²) in [6.07, 6.45) is 6.84. The van der Waals surface area contributed by atoms with E-state index in [1.54, 1.807) is 0 Å². The van der Waals surface area contributed by atoms with Crippen molar-refractivity contribution in [3.8, 4) is 0 Å². The molecule has 2 aromatic rings. The number of nitrogens with zero attached hydrogens (tertiary/aromatic N) is 2. The number of benzene rings is 1. The normalized spacial score (nSPS) is 24.3. The second-order valence-electron chi connectivity index (χ2n) is 6.65. The van der Waals surface area contributed by atoms with Crippen molar-refractivity contribution < 1.29 is 0 Å². The van der Waals surface area contributed by atoms with Crippen molar-refractivity contribution in [1.82, 2.24) is 9.55 Å². The van der Waals surface area contributed by atoms with Gasteiger partial charge in [-0.3, -0.25) is 0 Å². The Morgan fingerprint density at radius 1 is 1.33 bits per heavy atom. The molecule has 0 radical (unpaired) electrons. The third-order valence-electron chi connectivity index (χ3n) is 4.85. The second-order valence-corrected chi connectivity index (χ2v) is 7.31. The van der Waals surface area contributed by atoms with E-state index in [1.807, 2.05) is 13.0 Å². The van der Waals surface area contributed by atoms with Crippen LogP contribution in [-0.2, 0) is 6.54 Å². The number of para-hydroxylation sites is 2. The average molecular weight is 305 g/mol. The predicted molar refractivity (Wildman–Crippen MR) is 89.7 cm³/mol. The number of hydrogen-bond acceptors (Lipinski definition) is 1. The van der Waals surface area contributed by atoms with Gasteiger partial charge in [-0.05, 0) is 43.7 Å². The van der Waals surface area contributed by atoms with Crippen molar-refractivity contribution in [2.45, 2.75) is 57.9 Å². The molecule has 0 saturated heterocycles. The number of halogens is 1. The van der Waals surface area contributed by atoms with Gasteiger partial charge in [0.2, 0.25) is 0 Å². The summed E-state index contributed by atoms with van der Waals surface area (Å²) in [4.78, 5) is 4.72. The Hall–Kier alpha value is -1.02. The molecule has 21 heavy (non-hydrogen) atoms. The molecule has 1 aliphatic rings. The zero-order valence-corrected chi connectivity index (χ0v) is 13.8. The van der Waals surface area contributed by atoms with E-state index in [2.05, 4.69) is 29.7 Å². The molecule has 1 saturated carbocycles. The van der Waals surface area contributed by atoms with Crippen LogP contribution in [0.4, 0.5) is 0 Å². The van der Waals surface area contributed by atoms with Gasteiger partial charge in [0, 0.05) is 6.54 Å². The van der Waals surface area contributed by atoms with E-state index in [4.69, 9.17) is 16.6 Å². The van der Waals surface area contributed by atoms with Gasteiger partial charge >= 0.3 is 0 Å². The Bertz CT molecular complexity index is 602. The monoisotopic (exact) mass is 304 g/mol. The molecule has 3 atom stereocenters. The standard InChI is InChI=1S/C18H25ClN2/c1-13-6-5-7-15(12-13)10-11-21-17-9-4-3-8-16(17)20-18(21)14(2)19/h3-4,8-9,13-15H,5-7,10-12H2,1-2H3. The van der Waals surface area contributed by atoms with Crippen molar-refractivity contribution >= 4 is 22.6 Å². The number of alkyl halides is 1. The van der Waals surface area contributed by atoms with Crippen LogP contribution in [0.2, 0.25) is 0 Å². The van der Waals surface area contributed by atoms with Crippen molar-refractivity contribution in [1.29, 1.82) is 0 Å². The van der Waals surface area contributed by atoms with E-state index in [1.165, 1.54) is 37.6 Å². The lowest BCUT2D eigenvalue weighted by atomic mass is 9.81. The van der Waals surface area contributed by atoms with Crippen molar-refractivity contribution in [2.75, 3.05) is 0 Å². The molecule has 2 nitrogen and oxygen atoms in total. The molecular formula is C18H25ClN2. The molecule has 1 fully saturated rings. The molecular weight excluding hydrogens is 280 g/mol. The maximum Gasteiger partial charge on any atom is 0.127 e. The average Bonchev–Trinajstić information content (AvgIpc) is 2.84. The molecule has 0 amide bonds. The fourth-order valence-corrected chi connectivity index (χ4v) is 3.93. The minimum Gasteiger partial charge on any atom is -0.327 e. The third kappa shape index (κ3) is 3.26. The minimum atomic E-state index is -0.0392. The molecule has 3 rings (SSSR count). The first kappa shape index (κ1) is 14.9. The first-order valence-corrected chi connectivity index (χ1v) is 8.68. The van der Waals surface area contributed by atoms with Crippen LogP contribution in [0.3, 0.4) is 0 Å². The minimum absolute atomic E-state index is 0.0392. The summed E-state index contributed by atoms with van der Waals surface area (Å²) < 4.78 is 2.34. The van der Waals surface area contributed by atoms with Crippen molar-refractivity contribution in [3.05, 3.63) is 30.1 Å². The SMILES string of the molecule is CC1CCCC(CCn2c(C(C)Cl)nc3ccccc32)C1. The Morgan fingerprint density at radius 2 is 2.14 bits per heavy atom. The van der Waals surface area contributed by atoms with E-state index < -0.39 is 0 Å². The Morgan fingerprint density at radius 3 is 2.90 bits per heavy atom. The van der Waals surface area contributed by atoms with Crippen LogP contribution in [0.1, 0.15) is 57.2 Å². The van der Waals surface area contributed by atoms with Crippen LogP contribution in [0.5, 0.6) is 0 Å². The summed E-state index contributed by atoms with van der Waals surface area (Å²) >= 11 is 6.34. The number of rotatable bonds is 4. The van der Waals surface area contributed by atoms with Gasteiger partial charge in [-0.25, -0.2) is 4.98 Å². The lowest BCUT2D eigenvalue weighted by Crippen LogP contribution is -2.16. The van der Waals surface area contributed by atoms with E-state index in [-0.39, 0.29) is 5.38 Å². The number of imidazole rings is 1. The topological polar surface area (TPSA) is 17.8 Å². The van der Waals surface area contributed by atoms with Crippen LogP contribution in [0, 0.1) is 11.8 Å². The van der Waals surface area contributed by atoms with Gasteiger partial charge in [0.15, 0.2) is 0 Å². The quantitative estimate of drug-likeness (QED) is 0.677. The molecule has 3 unspecified atom stereocenters. The summed E-state index contributed by atoms with van der Waals surface area (Å²) in [5, 5.41) is -0.0392. The predicted octanol–water partition coefficient (Wildman–Crippen LogP) is 5.55. The van der Waals surface area contributed by atoms with Crippen LogP contribution >= 0.6 is 11.6 Å². The smallest absolute Gasteiger partial charge is 0.127 e. The van der Waals surface area contributed by atoms with Gasteiger partial charge < -0.3 is 4.57 Å². The number of aromatic nitrogens is 2. The largest absolute Gasteiger partial charge is 0.327 e. The fourth-order valence-electron chi connectivity index (χ4n) is 3.77. The van der Waals surface area contributed by atoms with E-state index >= 15 is 0 Å².